The first-order valence-electron chi connectivity index (χ1n) is 6.87. The van der Waals surface area contributed by atoms with Crippen molar-refractivity contribution >= 4 is 16.3 Å². The highest BCUT2D eigenvalue weighted by molar-refractivity contribution is 5.96. The van der Waals surface area contributed by atoms with Gasteiger partial charge in [0.2, 0.25) is 0 Å². The van der Waals surface area contributed by atoms with Crippen LogP contribution in [0.5, 0.6) is 5.75 Å². The first-order valence-corrected chi connectivity index (χ1v) is 6.87. The molecule has 0 spiro atoms. The maximum Gasteiger partial charge on any atom is 0.119 e. The zero-order chi connectivity index (χ0) is 14.2. The molecule has 3 nitrogen and oxygen atoms in total. The summed E-state index contributed by atoms with van der Waals surface area (Å²) in [4.78, 5) is 0. The van der Waals surface area contributed by atoms with Crippen molar-refractivity contribution in [1.29, 1.82) is 0 Å². The van der Waals surface area contributed by atoms with Crippen molar-refractivity contribution < 1.29 is 4.74 Å². The van der Waals surface area contributed by atoms with Crippen LogP contribution in [0.3, 0.4) is 0 Å². The molecule has 0 radical (unpaired) electrons. The quantitative estimate of drug-likeness (QED) is 0.548. The molecule has 0 bridgehead atoms. The molecular weight excluding hydrogens is 260 g/mol. The largest absolute Gasteiger partial charge is 0.497 e. The number of nitrogens with zero attached hydrogens (tertiary/aromatic N) is 2. The van der Waals surface area contributed by atoms with Gasteiger partial charge < -0.3 is 4.74 Å². The lowest BCUT2D eigenvalue weighted by atomic mass is 10.1. The van der Waals surface area contributed by atoms with E-state index in [0.717, 1.165) is 22.5 Å². The number of hydrogen-bond donors (Lipinski definition) is 0. The highest BCUT2D eigenvalue weighted by atomic mass is 16.5. The molecule has 2 aromatic heterocycles. The van der Waals surface area contributed by atoms with Crippen molar-refractivity contribution in [3.63, 3.8) is 0 Å². The van der Waals surface area contributed by atoms with Crippen LogP contribution in [0.4, 0.5) is 0 Å². The van der Waals surface area contributed by atoms with Gasteiger partial charge in [-0.2, -0.15) is 5.10 Å². The van der Waals surface area contributed by atoms with Crippen LogP contribution in [0.2, 0.25) is 0 Å². The standard InChI is InChI=1S/C18H14N2O/c1-21-15-7-4-6-14(11-15)17-12-18-16-8-3-2-5-13(16)9-10-20(18)19-17/h2-12H,1H3. The van der Waals surface area contributed by atoms with Crippen molar-refractivity contribution in [3.8, 4) is 17.0 Å². The molecule has 3 heteroatoms. The third-order valence-corrected chi connectivity index (χ3v) is 3.73. The van der Waals surface area contributed by atoms with E-state index in [9.17, 15) is 0 Å². The van der Waals surface area contributed by atoms with E-state index < -0.39 is 0 Å². The van der Waals surface area contributed by atoms with E-state index in [0.29, 0.717) is 0 Å². The molecule has 0 atom stereocenters. The molecule has 0 amide bonds. The Hall–Kier alpha value is -2.81. The van der Waals surface area contributed by atoms with Crippen LogP contribution in [0, 0.1) is 0 Å². The zero-order valence-corrected chi connectivity index (χ0v) is 11.7. The van der Waals surface area contributed by atoms with Gasteiger partial charge in [-0.3, -0.25) is 0 Å². The zero-order valence-electron chi connectivity index (χ0n) is 11.7. The van der Waals surface area contributed by atoms with Gasteiger partial charge in [-0.25, -0.2) is 4.52 Å². The van der Waals surface area contributed by atoms with Gasteiger partial charge in [-0.05, 0) is 29.7 Å². The number of hydrogen-bond acceptors (Lipinski definition) is 2. The summed E-state index contributed by atoms with van der Waals surface area (Å²) < 4.78 is 7.21. The second kappa shape index (κ2) is 4.63. The molecule has 0 unspecified atom stereocenters. The summed E-state index contributed by atoms with van der Waals surface area (Å²) in [6.07, 6.45) is 2.00. The number of rotatable bonds is 2. The molecule has 0 fully saturated rings. The summed E-state index contributed by atoms with van der Waals surface area (Å²) in [6.45, 7) is 0. The number of fused-ring (bicyclic) bond motifs is 3. The summed E-state index contributed by atoms with van der Waals surface area (Å²) >= 11 is 0. The average Bonchev–Trinajstić information content (AvgIpc) is 2.99. The lowest BCUT2D eigenvalue weighted by molar-refractivity contribution is 0.415. The molecule has 2 heterocycles. The highest BCUT2D eigenvalue weighted by Crippen LogP contribution is 2.27. The van der Waals surface area contributed by atoms with Crippen LogP contribution < -0.4 is 4.74 Å². The second-order valence-electron chi connectivity index (χ2n) is 4.99. The molecule has 0 saturated heterocycles. The van der Waals surface area contributed by atoms with Gasteiger partial charge in [0, 0.05) is 17.1 Å². The summed E-state index contributed by atoms with van der Waals surface area (Å²) in [5.74, 6) is 0.842. The summed E-state index contributed by atoms with van der Waals surface area (Å²) in [6, 6.07) is 20.5. The van der Waals surface area contributed by atoms with E-state index in [2.05, 4.69) is 41.5 Å². The predicted molar refractivity (Wildman–Crippen MR) is 84.7 cm³/mol. The van der Waals surface area contributed by atoms with Gasteiger partial charge in [-0.1, -0.05) is 36.4 Å². The van der Waals surface area contributed by atoms with Crippen LogP contribution in [0.1, 0.15) is 0 Å². The molecule has 0 saturated carbocycles. The third kappa shape index (κ3) is 1.94. The molecule has 0 N–H and O–H groups in total. The van der Waals surface area contributed by atoms with E-state index >= 15 is 0 Å². The summed E-state index contributed by atoms with van der Waals surface area (Å²) in [5.41, 5.74) is 3.12. The number of methoxy groups -OCH3 is 1. The maximum atomic E-state index is 5.29. The summed E-state index contributed by atoms with van der Waals surface area (Å²) in [7, 11) is 1.68. The first-order chi connectivity index (χ1) is 10.3. The highest BCUT2D eigenvalue weighted by Gasteiger charge is 2.07. The Morgan fingerprint density at radius 3 is 2.76 bits per heavy atom. The molecule has 0 aliphatic heterocycles. The Labute approximate surface area is 122 Å². The SMILES string of the molecule is COc1cccc(-c2cc3c4ccccc4ccn3n2)c1. The molecule has 2 aromatic carbocycles. The predicted octanol–water partition coefficient (Wildman–Crippen LogP) is 4.16. The van der Waals surface area contributed by atoms with E-state index in [1.54, 1.807) is 7.11 Å². The second-order valence-corrected chi connectivity index (χ2v) is 4.99. The lowest BCUT2D eigenvalue weighted by Gasteiger charge is -2.00. The molecule has 102 valence electrons. The maximum absolute atomic E-state index is 5.29. The van der Waals surface area contributed by atoms with E-state index in [1.165, 1.54) is 10.8 Å². The van der Waals surface area contributed by atoms with Gasteiger partial charge in [0.05, 0.1) is 18.3 Å². The van der Waals surface area contributed by atoms with Crippen molar-refractivity contribution in [2.75, 3.05) is 7.11 Å². The normalized spacial score (nSPS) is 11.1. The Morgan fingerprint density at radius 2 is 1.86 bits per heavy atom. The van der Waals surface area contributed by atoms with Crippen molar-refractivity contribution in [1.82, 2.24) is 9.61 Å². The smallest absolute Gasteiger partial charge is 0.119 e. The topological polar surface area (TPSA) is 26.5 Å². The van der Waals surface area contributed by atoms with Gasteiger partial charge in [0.1, 0.15) is 5.75 Å². The molecular formula is C18H14N2O. The van der Waals surface area contributed by atoms with E-state index in [4.69, 9.17) is 4.74 Å². The molecule has 4 aromatic rings. The minimum atomic E-state index is 0.842. The number of pyridine rings is 1. The van der Waals surface area contributed by atoms with Crippen molar-refractivity contribution in [2.24, 2.45) is 0 Å². The van der Waals surface area contributed by atoms with Crippen molar-refractivity contribution in [2.45, 2.75) is 0 Å². The van der Waals surface area contributed by atoms with E-state index in [-0.39, 0.29) is 0 Å². The van der Waals surface area contributed by atoms with Crippen molar-refractivity contribution in [3.05, 3.63) is 66.9 Å². The first kappa shape index (κ1) is 12.0. The van der Waals surface area contributed by atoms with Gasteiger partial charge >= 0.3 is 0 Å². The fourth-order valence-electron chi connectivity index (χ4n) is 2.66. The van der Waals surface area contributed by atoms with Gasteiger partial charge in [0.25, 0.3) is 0 Å². The molecule has 21 heavy (non-hydrogen) atoms. The lowest BCUT2D eigenvalue weighted by Crippen LogP contribution is -1.87. The Kier molecular flexibility index (Phi) is 2.64. The average molecular weight is 274 g/mol. The minimum Gasteiger partial charge on any atom is -0.497 e. The number of aromatic nitrogens is 2. The molecule has 4 rings (SSSR count). The summed E-state index contributed by atoms with van der Waals surface area (Å²) in [5, 5.41) is 7.10. The molecule has 0 aliphatic carbocycles. The van der Waals surface area contributed by atoms with Gasteiger partial charge in [-0.15, -0.1) is 0 Å². The van der Waals surface area contributed by atoms with E-state index in [1.807, 2.05) is 35.0 Å². The number of benzene rings is 2. The van der Waals surface area contributed by atoms with Crippen LogP contribution in [-0.2, 0) is 0 Å². The van der Waals surface area contributed by atoms with Crippen LogP contribution in [-0.4, -0.2) is 16.7 Å². The Bertz CT molecular complexity index is 940. The van der Waals surface area contributed by atoms with Crippen LogP contribution in [0.15, 0.2) is 66.9 Å². The van der Waals surface area contributed by atoms with Gasteiger partial charge in [0.15, 0.2) is 0 Å². The van der Waals surface area contributed by atoms with Crippen LogP contribution >= 0.6 is 0 Å². The molecule has 0 aliphatic rings. The fraction of sp³-hybridized carbons (Fsp3) is 0.0556. The monoisotopic (exact) mass is 274 g/mol. The Morgan fingerprint density at radius 1 is 0.952 bits per heavy atom. The minimum absolute atomic E-state index is 0.842. The number of ether oxygens (including phenoxy) is 1. The third-order valence-electron chi connectivity index (χ3n) is 3.73. The fourth-order valence-corrected chi connectivity index (χ4v) is 2.66. The Balaban J connectivity index is 1.96. The van der Waals surface area contributed by atoms with Crippen LogP contribution in [0.25, 0.3) is 27.5 Å².